The third-order valence-electron chi connectivity index (χ3n) is 5.12. The molecule has 1 saturated heterocycles. The van der Waals surface area contributed by atoms with Crippen LogP contribution in [0.4, 0.5) is 0 Å². The largest absolute Gasteiger partial charge is 0.489 e. The first-order chi connectivity index (χ1) is 16.0. The SMILES string of the molecule is O=C(O)c1ccc(COc2ccc(/C=C3\SC(=S)N(CCc4ccccc4)C3=O)cc2)cc1. The molecule has 0 bridgehead atoms. The van der Waals surface area contributed by atoms with E-state index in [1.54, 1.807) is 29.2 Å². The highest BCUT2D eigenvalue weighted by Crippen LogP contribution is 2.33. The van der Waals surface area contributed by atoms with Crippen molar-refractivity contribution in [3.05, 3.63) is 106 Å². The normalized spacial score (nSPS) is 14.7. The first-order valence-electron chi connectivity index (χ1n) is 10.3. The molecule has 0 saturated carbocycles. The van der Waals surface area contributed by atoms with Crippen LogP contribution < -0.4 is 4.74 Å². The van der Waals surface area contributed by atoms with E-state index < -0.39 is 5.97 Å². The van der Waals surface area contributed by atoms with Crippen molar-refractivity contribution in [2.24, 2.45) is 0 Å². The van der Waals surface area contributed by atoms with E-state index in [2.05, 4.69) is 0 Å². The van der Waals surface area contributed by atoms with Gasteiger partial charge in [0.15, 0.2) is 0 Å². The van der Waals surface area contributed by atoms with E-state index in [-0.39, 0.29) is 11.5 Å². The number of hydrogen-bond acceptors (Lipinski definition) is 5. The van der Waals surface area contributed by atoms with E-state index in [1.807, 2.05) is 60.7 Å². The lowest BCUT2D eigenvalue weighted by molar-refractivity contribution is -0.122. The number of aromatic carboxylic acids is 1. The average molecular weight is 476 g/mol. The number of ether oxygens (including phenoxy) is 1. The second-order valence-corrected chi connectivity index (χ2v) is 9.10. The Labute approximate surface area is 201 Å². The second-order valence-electron chi connectivity index (χ2n) is 7.43. The fourth-order valence-electron chi connectivity index (χ4n) is 3.30. The molecule has 4 rings (SSSR count). The van der Waals surface area contributed by atoms with Crippen molar-refractivity contribution in [1.82, 2.24) is 4.90 Å². The smallest absolute Gasteiger partial charge is 0.335 e. The molecule has 1 fully saturated rings. The standard InChI is InChI=1S/C26H21NO4S2/c28-24-23(33-26(32)27(24)15-14-18-4-2-1-3-5-18)16-19-8-12-22(13-9-19)31-17-20-6-10-21(11-7-20)25(29)30/h1-13,16H,14-15,17H2,(H,29,30)/b23-16-. The second kappa shape index (κ2) is 10.5. The van der Waals surface area contributed by atoms with Crippen LogP contribution in [0.2, 0.25) is 0 Å². The number of thioether (sulfide) groups is 1. The number of hydrogen-bond donors (Lipinski definition) is 1. The van der Waals surface area contributed by atoms with Gasteiger partial charge in [0.1, 0.15) is 16.7 Å². The Kier molecular flexibility index (Phi) is 7.22. The lowest BCUT2D eigenvalue weighted by Gasteiger charge is -2.14. The number of nitrogens with zero attached hydrogens (tertiary/aromatic N) is 1. The molecule has 166 valence electrons. The van der Waals surface area contributed by atoms with Crippen molar-refractivity contribution in [1.29, 1.82) is 0 Å². The molecular formula is C26H21NO4S2. The molecule has 0 atom stereocenters. The van der Waals surface area contributed by atoms with Gasteiger partial charge >= 0.3 is 5.97 Å². The van der Waals surface area contributed by atoms with Crippen LogP contribution >= 0.6 is 24.0 Å². The van der Waals surface area contributed by atoms with Crippen molar-refractivity contribution >= 4 is 46.3 Å². The number of benzene rings is 3. The Balaban J connectivity index is 1.34. The third-order valence-corrected chi connectivity index (χ3v) is 6.50. The Morgan fingerprint density at radius 1 is 0.970 bits per heavy atom. The minimum atomic E-state index is -0.953. The van der Waals surface area contributed by atoms with Crippen molar-refractivity contribution in [3.63, 3.8) is 0 Å². The lowest BCUT2D eigenvalue weighted by Crippen LogP contribution is -2.30. The first kappa shape index (κ1) is 22.8. The van der Waals surface area contributed by atoms with Gasteiger partial charge in [0, 0.05) is 6.54 Å². The highest BCUT2D eigenvalue weighted by atomic mass is 32.2. The van der Waals surface area contributed by atoms with Crippen molar-refractivity contribution in [2.45, 2.75) is 13.0 Å². The minimum absolute atomic E-state index is 0.0638. The van der Waals surface area contributed by atoms with Gasteiger partial charge in [-0.2, -0.15) is 0 Å². The summed E-state index contributed by atoms with van der Waals surface area (Å²) >= 11 is 6.75. The molecule has 0 spiro atoms. The molecule has 1 N–H and O–H groups in total. The van der Waals surface area contributed by atoms with E-state index >= 15 is 0 Å². The molecule has 5 nitrogen and oxygen atoms in total. The Hall–Kier alpha value is -3.42. The number of thiocarbonyl (C=S) groups is 1. The monoisotopic (exact) mass is 475 g/mol. The molecular weight excluding hydrogens is 454 g/mol. The summed E-state index contributed by atoms with van der Waals surface area (Å²) in [7, 11) is 0. The summed E-state index contributed by atoms with van der Waals surface area (Å²) in [5.74, 6) is -0.331. The number of carboxylic acid groups (broad SMARTS) is 1. The summed E-state index contributed by atoms with van der Waals surface area (Å²) in [4.78, 5) is 26.0. The summed E-state index contributed by atoms with van der Waals surface area (Å²) in [6.07, 6.45) is 2.60. The van der Waals surface area contributed by atoms with E-state index in [0.29, 0.717) is 28.1 Å². The zero-order chi connectivity index (χ0) is 23.2. The number of rotatable bonds is 8. The van der Waals surface area contributed by atoms with Crippen LogP contribution in [0.3, 0.4) is 0 Å². The predicted octanol–water partition coefficient (Wildman–Crippen LogP) is 5.41. The summed E-state index contributed by atoms with van der Waals surface area (Å²) in [5, 5.41) is 8.96. The zero-order valence-electron chi connectivity index (χ0n) is 17.6. The Bertz CT molecular complexity index is 1190. The Morgan fingerprint density at radius 2 is 1.67 bits per heavy atom. The Morgan fingerprint density at radius 3 is 2.33 bits per heavy atom. The molecule has 0 radical (unpaired) electrons. The van der Waals surface area contributed by atoms with Crippen LogP contribution in [0.25, 0.3) is 6.08 Å². The molecule has 1 aliphatic heterocycles. The van der Waals surface area contributed by atoms with Crippen LogP contribution in [0, 0.1) is 0 Å². The average Bonchev–Trinajstić information content (AvgIpc) is 3.10. The van der Waals surface area contributed by atoms with Crippen LogP contribution in [-0.4, -0.2) is 32.7 Å². The van der Waals surface area contributed by atoms with Gasteiger partial charge in [-0.25, -0.2) is 4.79 Å². The summed E-state index contributed by atoms with van der Waals surface area (Å²) < 4.78 is 6.36. The molecule has 7 heteroatoms. The van der Waals surface area contributed by atoms with E-state index in [9.17, 15) is 9.59 Å². The van der Waals surface area contributed by atoms with Gasteiger partial charge in [-0.05, 0) is 53.5 Å². The fourth-order valence-corrected chi connectivity index (χ4v) is 4.61. The summed E-state index contributed by atoms with van der Waals surface area (Å²) in [6.45, 7) is 0.894. The molecule has 0 aromatic heterocycles. The van der Waals surface area contributed by atoms with Crippen LogP contribution in [0.15, 0.2) is 83.8 Å². The minimum Gasteiger partial charge on any atom is -0.489 e. The van der Waals surface area contributed by atoms with Crippen molar-refractivity contribution < 1.29 is 19.4 Å². The van der Waals surface area contributed by atoms with E-state index in [4.69, 9.17) is 22.1 Å². The number of carboxylic acids is 1. The molecule has 1 heterocycles. The fraction of sp³-hybridized carbons (Fsp3) is 0.115. The topological polar surface area (TPSA) is 66.8 Å². The highest BCUT2D eigenvalue weighted by molar-refractivity contribution is 8.26. The first-order valence-corrected chi connectivity index (χ1v) is 11.6. The number of carbonyl (C=O) groups is 2. The summed E-state index contributed by atoms with van der Waals surface area (Å²) in [6, 6.07) is 24.1. The van der Waals surface area contributed by atoms with E-state index in [0.717, 1.165) is 17.5 Å². The van der Waals surface area contributed by atoms with Crippen LogP contribution in [0.5, 0.6) is 5.75 Å². The van der Waals surface area contributed by atoms with Gasteiger partial charge in [-0.15, -0.1) is 0 Å². The highest BCUT2D eigenvalue weighted by Gasteiger charge is 2.31. The van der Waals surface area contributed by atoms with Gasteiger partial charge in [0.25, 0.3) is 5.91 Å². The maximum atomic E-state index is 12.8. The molecule has 1 aliphatic rings. The van der Waals surface area contributed by atoms with Crippen molar-refractivity contribution in [2.75, 3.05) is 6.54 Å². The number of amides is 1. The van der Waals surface area contributed by atoms with Gasteiger partial charge in [0.2, 0.25) is 0 Å². The van der Waals surface area contributed by atoms with Gasteiger partial charge in [-0.3, -0.25) is 9.69 Å². The van der Waals surface area contributed by atoms with Crippen LogP contribution in [0.1, 0.15) is 27.0 Å². The molecule has 3 aromatic carbocycles. The molecule has 3 aromatic rings. The number of carbonyl (C=O) groups excluding carboxylic acids is 1. The maximum absolute atomic E-state index is 12.8. The zero-order valence-corrected chi connectivity index (χ0v) is 19.3. The molecule has 0 aliphatic carbocycles. The maximum Gasteiger partial charge on any atom is 0.335 e. The summed E-state index contributed by atoms with van der Waals surface area (Å²) in [5.41, 5.74) is 3.18. The quantitative estimate of drug-likeness (QED) is 0.347. The third kappa shape index (κ3) is 5.88. The van der Waals surface area contributed by atoms with E-state index in [1.165, 1.54) is 17.3 Å². The predicted molar refractivity (Wildman–Crippen MR) is 134 cm³/mol. The molecule has 33 heavy (non-hydrogen) atoms. The lowest BCUT2D eigenvalue weighted by atomic mass is 10.1. The molecule has 1 amide bonds. The van der Waals surface area contributed by atoms with Gasteiger partial charge < -0.3 is 9.84 Å². The van der Waals surface area contributed by atoms with Gasteiger partial charge in [0.05, 0.1) is 10.5 Å². The van der Waals surface area contributed by atoms with Crippen molar-refractivity contribution in [3.8, 4) is 5.75 Å². The molecule has 0 unspecified atom stereocenters. The van der Waals surface area contributed by atoms with Crippen LogP contribution in [-0.2, 0) is 17.8 Å². The van der Waals surface area contributed by atoms with Gasteiger partial charge in [-0.1, -0.05) is 78.6 Å².